The lowest BCUT2D eigenvalue weighted by atomic mass is 10.1. The summed E-state index contributed by atoms with van der Waals surface area (Å²) in [6.07, 6.45) is 0. The molecule has 20 heavy (non-hydrogen) atoms. The van der Waals surface area contributed by atoms with Crippen LogP contribution in [0.5, 0.6) is 0 Å². The summed E-state index contributed by atoms with van der Waals surface area (Å²) in [7, 11) is -3.36. The van der Waals surface area contributed by atoms with E-state index in [9.17, 15) is 18.0 Å². The SMILES string of the molecule is CCOC(=O)C(=O)c1ccc(S(=O)(=O)CC(C)C)cc1. The summed E-state index contributed by atoms with van der Waals surface area (Å²) in [6, 6.07) is 5.33. The van der Waals surface area contributed by atoms with Crippen molar-refractivity contribution in [2.75, 3.05) is 12.4 Å². The van der Waals surface area contributed by atoms with Crippen LogP contribution in [0.15, 0.2) is 29.2 Å². The predicted octanol–water partition coefficient (Wildman–Crippen LogP) is 1.86. The first-order chi connectivity index (χ1) is 9.27. The minimum atomic E-state index is -3.36. The van der Waals surface area contributed by atoms with Crippen LogP contribution in [0, 0.1) is 5.92 Å². The third kappa shape index (κ3) is 4.16. The molecule has 1 rings (SSSR count). The van der Waals surface area contributed by atoms with Gasteiger partial charge in [-0.1, -0.05) is 13.8 Å². The van der Waals surface area contributed by atoms with Crippen LogP contribution in [0.1, 0.15) is 31.1 Å². The highest BCUT2D eigenvalue weighted by molar-refractivity contribution is 7.91. The Morgan fingerprint density at radius 3 is 2.15 bits per heavy atom. The quantitative estimate of drug-likeness (QED) is 0.455. The highest BCUT2D eigenvalue weighted by Crippen LogP contribution is 2.15. The summed E-state index contributed by atoms with van der Waals surface area (Å²) in [5.41, 5.74) is 0.118. The van der Waals surface area contributed by atoms with Gasteiger partial charge >= 0.3 is 5.97 Å². The first-order valence-electron chi connectivity index (χ1n) is 6.32. The molecule has 5 nitrogen and oxygen atoms in total. The molecule has 0 radical (unpaired) electrons. The molecule has 6 heteroatoms. The summed E-state index contributed by atoms with van der Waals surface area (Å²) in [5.74, 6) is -1.66. The van der Waals surface area contributed by atoms with Crippen molar-refractivity contribution in [3.05, 3.63) is 29.8 Å². The maximum absolute atomic E-state index is 12.0. The Bertz CT molecular complexity index is 584. The van der Waals surface area contributed by atoms with E-state index in [1.807, 2.05) is 13.8 Å². The lowest BCUT2D eigenvalue weighted by molar-refractivity contribution is -0.137. The molecule has 0 aliphatic heterocycles. The Balaban J connectivity index is 2.95. The lowest BCUT2D eigenvalue weighted by Crippen LogP contribution is -2.18. The number of hydrogen-bond donors (Lipinski definition) is 0. The maximum atomic E-state index is 12.0. The molecular formula is C14H18O5S. The number of esters is 1. The number of rotatable bonds is 6. The van der Waals surface area contributed by atoms with Gasteiger partial charge in [0, 0.05) is 5.56 Å². The van der Waals surface area contributed by atoms with Gasteiger partial charge < -0.3 is 4.74 Å². The van der Waals surface area contributed by atoms with Gasteiger partial charge in [0.25, 0.3) is 5.78 Å². The Kier molecular flexibility index (Phi) is 5.44. The van der Waals surface area contributed by atoms with Gasteiger partial charge in [-0.05, 0) is 37.1 Å². The van der Waals surface area contributed by atoms with Crippen LogP contribution in [0.3, 0.4) is 0 Å². The largest absolute Gasteiger partial charge is 0.460 e. The molecule has 0 N–H and O–H groups in total. The average molecular weight is 298 g/mol. The van der Waals surface area contributed by atoms with Gasteiger partial charge in [-0.25, -0.2) is 13.2 Å². The molecule has 1 aromatic carbocycles. The van der Waals surface area contributed by atoms with Gasteiger partial charge in [0.15, 0.2) is 9.84 Å². The van der Waals surface area contributed by atoms with Crippen LogP contribution in [-0.2, 0) is 19.4 Å². The van der Waals surface area contributed by atoms with Gasteiger partial charge in [-0.3, -0.25) is 4.79 Å². The number of ketones is 1. The van der Waals surface area contributed by atoms with Gasteiger partial charge in [-0.15, -0.1) is 0 Å². The van der Waals surface area contributed by atoms with E-state index in [-0.39, 0.29) is 28.7 Å². The fourth-order valence-electron chi connectivity index (χ4n) is 1.66. The number of carbonyl (C=O) groups is 2. The average Bonchev–Trinajstić information content (AvgIpc) is 2.37. The molecule has 0 aromatic heterocycles. The highest BCUT2D eigenvalue weighted by Gasteiger charge is 2.20. The predicted molar refractivity (Wildman–Crippen MR) is 74.3 cm³/mol. The Morgan fingerprint density at radius 1 is 1.15 bits per heavy atom. The van der Waals surface area contributed by atoms with E-state index >= 15 is 0 Å². The molecular weight excluding hydrogens is 280 g/mol. The van der Waals surface area contributed by atoms with Crippen molar-refractivity contribution in [3.63, 3.8) is 0 Å². The topological polar surface area (TPSA) is 77.5 Å². The van der Waals surface area contributed by atoms with Gasteiger partial charge in [0.05, 0.1) is 17.3 Å². The summed E-state index contributed by atoms with van der Waals surface area (Å²) in [5, 5.41) is 0. The van der Waals surface area contributed by atoms with Crippen molar-refractivity contribution in [2.45, 2.75) is 25.7 Å². The van der Waals surface area contributed by atoms with Crippen molar-refractivity contribution < 1.29 is 22.7 Å². The second kappa shape index (κ2) is 6.65. The van der Waals surface area contributed by atoms with E-state index in [0.29, 0.717) is 0 Å². The van der Waals surface area contributed by atoms with Crippen molar-refractivity contribution in [1.29, 1.82) is 0 Å². The summed E-state index contributed by atoms with van der Waals surface area (Å²) in [4.78, 5) is 23.1. The smallest absolute Gasteiger partial charge is 0.379 e. The lowest BCUT2D eigenvalue weighted by Gasteiger charge is -2.07. The maximum Gasteiger partial charge on any atom is 0.379 e. The molecule has 0 atom stereocenters. The normalized spacial score (nSPS) is 11.4. The molecule has 0 amide bonds. The Labute approximate surface area is 118 Å². The van der Waals surface area contributed by atoms with E-state index in [4.69, 9.17) is 0 Å². The first-order valence-corrected chi connectivity index (χ1v) is 7.97. The van der Waals surface area contributed by atoms with Crippen molar-refractivity contribution in [1.82, 2.24) is 0 Å². The van der Waals surface area contributed by atoms with Crippen LogP contribution in [0.4, 0.5) is 0 Å². The van der Waals surface area contributed by atoms with Crippen LogP contribution in [0.2, 0.25) is 0 Å². The molecule has 110 valence electrons. The minimum absolute atomic E-state index is 0.0147. The van der Waals surface area contributed by atoms with Crippen LogP contribution in [-0.4, -0.2) is 32.5 Å². The van der Waals surface area contributed by atoms with E-state index in [2.05, 4.69) is 4.74 Å². The molecule has 0 saturated carbocycles. The minimum Gasteiger partial charge on any atom is -0.460 e. The monoisotopic (exact) mass is 298 g/mol. The molecule has 0 saturated heterocycles. The summed E-state index contributed by atoms with van der Waals surface area (Å²) >= 11 is 0. The second-order valence-electron chi connectivity index (χ2n) is 4.75. The zero-order valence-electron chi connectivity index (χ0n) is 11.8. The van der Waals surface area contributed by atoms with Crippen LogP contribution >= 0.6 is 0 Å². The number of sulfone groups is 1. The van der Waals surface area contributed by atoms with E-state index < -0.39 is 21.6 Å². The molecule has 0 aliphatic carbocycles. The molecule has 0 aliphatic rings. The van der Waals surface area contributed by atoms with Gasteiger partial charge in [0.2, 0.25) is 0 Å². The van der Waals surface area contributed by atoms with Crippen molar-refractivity contribution in [3.8, 4) is 0 Å². The van der Waals surface area contributed by atoms with E-state index in [0.717, 1.165) is 0 Å². The van der Waals surface area contributed by atoms with Gasteiger partial charge in [0.1, 0.15) is 0 Å². The van der Waals surface area contributed by atoms with Crippen LogP contribution < -0.4 is 0 Å². The van der Waals surface area contributed by atoms with Gasteiger partial charge in [-0.2, -0.15) is 0 Å². The number of benzene rings is 1. The Morgan fingerprint density at radius 2 is 1.70 bits per heavy atom. The summed E-state index contributed by atoms with van der Waals surface area (Å²) < 4.78 is 28.6. The molecule has 0 spiro atoms. The third-order valence-electron chi connectivity index (χ3n) is 2.49. The molecule has 0 unspecified atom stereocenters. The van der Waals surface area contributed by atoms with Crippen LogP contribution in [0.25, 0.3) is 0 Å². The number of hydrogen-bond acceptors (Lipinski definition) is 5. The highest BCUT2D eigenvalue weighted by atomic mass is 32.2. The van der Waals surface area contributed by atoms with Crippen molar-refractivity contribution in [2.24, 2.45) is 5.92 Å². The first kappa shape index (κ1) is 16.4. The molecule has 0 heterocycles. The zero-order chi connectivity index (χ0) is 15.3. The Hall–Kier alpha value is -1.69. The molecule has 0 fully saturated rings. The van der Waals surface area contributed by atoms with Crippen molar-refractivity contribution >= 4 is 21.6 Å². The van der Waals surface area contributed by atoms with E-state index in [1.54, 1.807) is 6.92 Å². The second-order valence-corrected chi connectivity index (χ2v) is 6.78. The number of ether oxygens (including phenoxy) is 1. The fourth-order valence-corrected chi connectivity index (χ4v) is 3.28. The number of Topliss-reactive ketones (excluding diaryl/α,β-unsaturated/α-hetero) is 1. The third-order valence-corrected chi connectivity index (χ3v) is 4.59. The molecule has 0 bridgehead atoms. The standard InChI is InChI=1S/C14H18O5S/c1-4-19-14(16)13(15)11-5-7-12(8-6-11)20(17,18)9-10(2)3/h5-8,10H,4,9H2,1-3H3. The molecule has 1 aromatic rings. The fraction of sp³-hybridized carbons (Fsp3) is 0.429. The summed E-state index contributed by atoms with van der Waals surface area (Å²) in [6.45, 7) is 5.35. The zero-order valence-corrected chi connectivity index (χ0v) is 12.6. The number of carbonyl (C=O) groups excluding carboxylic acids is 2. The van der Waals surface area contributed by atoms with E-state index in [1.165, 1.54) is 24.3 Å².